The monoisotopic (exact) mass is 496 g/mol. The Hall–Kier alpha value is -3.71. The lowest BCUT2D eigenvalue weighted by molar-refractivity contribution is -0.142. The van der Waals surface area contributed by atoms with Crippen LogP contribution in [0, 0.1) is 0 Å². The van der Waals surface area contributed by atoms with E-state index in [9.17, 15) is 9.59 Å². The van der Waals surface area contributed by atoms with Crippen molar-refractivity contribution in [3.8, 4) is 17.2 Å². The second-order valence-corrected chi connectivity index (χ2v) is 8.20. The number of rotatable bonds is 11. The molecule has 0 spiro atoms. The highest BCUT2D eigenvalue weighted by molar-refractivity contribution is 6.32. The first-order valence-electron chi connectivity index (χ1n) is 11.1. The van der Waals surface area contributed by atoms with Crippen LogP contribution < -0.4 is 19.5 Å². The van der Waals surface area contributed by atoms with Crippen molar-refractivity contribution in [2.24, 2.45) is 0 Å². The van der Waals surface area contributed by atoms with Crippen LogP contribution in [-0.2, 0) is 22.7 Å². The minimum atomic E-state index is -0.755. The number of halogens is 1. The summed E-state index contributed by atoms with van der Waals surface area (Å²) >= 11 is 6.15. The van der Waals surface area contributed by atoms with Gasteiger partial charge in [0.25, 0.3) is 5.91 Å². The van der Waals surface area contributed by atoms with Crippen molar-refractivity contribution < 1.29 is 23.8 Å². The second kappa shape index (κ2) is 12.7. The second-order valence-electron chi connectivity index (χ2n) is 7.79. The van der Waals surface area contributed by atoms with Crippen LogP contribution in [0.4, 0.5) is 0 Å². The van der Waals surface area contributed by atoms with E-state index in [0.29, 0.717) is 22.3 Å². The Kier molecular flexibility index (Phi) is 9.38. The van der Waals surface area contributed by atoms with E-state index in [1.807, 2.05) is 48.5 Å². The molecule has 0 saturated carbocycles. The molecule has 0 fully saturated rings. The molecule has 0 aliphatic heterocycles. The maximum atomic E-state index is 13.2. The van der Waals surface area contributed by atoms with Crippen LogP contribution in [0.2, 0.25) is 5.02 Å². The van der Waals surface area contributed by atoms with Crippen LogP contribution in [0.3, 0.4) is 0 Å². The maximum absolute atomic E-state index is 13.2. The molecule has 1 N–H and O–H groups in total. The number of carbonyl (C=O) groups excluding carboxylic acids is 2. The number of benzene rings is 3. The zero-order valence-corrected chi connectivity index (χ0v) is 20.7. The van der Waals surface area contributed by atoms with Gasteiger partial charge in [0, 0.05) is 18.7 Å². The quantitative estimate of drug-likeness (QED) is 0.424. The van der Waals surface area contributed by atoms with Crippen molar-refractivity contribution >= 4 is 23.4 Å². The van der Waals surface area contributed by atoms with Crippen LogP contribution >= 0.6 is 11.6 Å². The number of ether oxygens (including phenoxy) is 3. The summed E-state index contributed by atoms with van der Waals surface area (Å²) in [6.45, 7) is 1.92. The molecule has 0 aliphatic rings. The number of hydrogen-bond acceptors (Lipinski definition) is 5. The van der Waals surface area contributed by atoms with E-state index in [4.69, 9.17) is 25.8 Å². The molecule has 3 aromatic rings. The third kappa shape index (κ3) is 7.13. The lowest BCUT2D eigenvalue weighted by Gasteiger charge is -2.29. The van der Waals surface area contributed by atoms with Crippen LogP contribution in [0.1, 0.15) is 18.1 Å². The Balaban J connectivity index is 1.73. The number of nitrogens with one attached hydrogen (secondary N) is 1. The number of amides is 2. The van der Waals surface area contributed by atoms with Gasteiger partial charge < -0.3 is 24.4 Å². The van der Waals surface area contributed by atoms with Gasteiger partial charge in [0.15, 0.2) is 6.61 Å². The molecule has 0 radical (unpaired) electrons. The van der Waals surface area contributed by atoms with Gasteiger partial charge in [0.05, 0.1) is 19.2 Å². The van der Waals surface area contributed by atoms with Crippen molar-refractivity contribution in [1.29, 1.82) is 0 Å². The molecule has 184 valence electrons. The SMILES string of the molecule is COc1ccc(CN(C(=O)COc2ccccc2Cl)[C@H](C)C(=O)NCc2ccccc2OC)cc1. The van der Waals surface area contributed by atoms with Crippen LogP contribution in [0.15, 0.2) is 72.8 Å². The van der Waals surface area contributed by atoms with Crippen molar-refractivity contribution in [2.75, 3.05) is 20.8 Å². The van der Waals surface area contributed by atoms with Crippen molar-refractivity contribution in [3.05, 3.63) is 88.9 Å². The smallest absolute Gasteiger partial charge is 0.261 e. The molecule has 0 bridgehead atoms. The van der Waals surface area contributed by atoms with E-state index in [-0.39, 0.29) is 31.5 Å². The summed E-state index contributed by atoms with van der Waals surface area (Å²) in [5.41, 5.74) is 1.69. The summed E-state index contributed by atoms with van der Waals surface area (Å²) in [7, 11) is 3.17. The number of para-hydroxylation sites is 2. The molecule has 3 aromatic carbocycles. The molecule has 0 unspecified atom stereocenters. The van der Waals surface area contributed by atoms with Gasteiger partial charge in [-0.25, -0.2) is 0 Å². The van der Waals surface area contributed by atoms with Crippen molar-refractivity contribution in [3.63, 3.8) is 0 Å². The normalized spacial score (nSPS) is 11.3. The Morgan fingerprint density at radius 1 is 0.914 bits per heavy atom. The highest BCUT2D eigenvalue weighted by Crippen LogP contribution is 2.23. The Morgan fingerprint density at radius 3 is 2.23 bits per heavy atom. The summed E-state index contributed by atoms with van der Waals surface area (Å²) in [5.74, 6) is 1.15. The zero-order valence-electron chi connectivity index (χ0n) is 20.0. The Morgan fingerprint density at radius 2 is 1.57 bits per heavy atom. The molecule has 0 aliphatic carbocycles. The summed E-state index contributed by atoms with van der Waals surface area (Å²) in [4.78, 5) is 27.7. The van der Waals surface area contributed by atoms with Crippen molar-refractivity contribution in [2.45, 2.75) is 26.1 Å². The first kappa shape index (κ1) is 25.9. The van der Waals surface area contributed by atoms with E-state index in [2.05, 4.69) is 5.32 Å². The summed E-state index contributed by atoms with van der Waals surface area (Å²) in [6.07, 6.45) is 0. The first-order valence-corrected chi connectivity index (χ1v) is 11.5. The summed E-state index contributed by atoms with van der Waals surface area (Å²) in [6, 6.07) is 20.9. The third-order valence-corrected chi connectivity index (χ3v) is 5.82. The summed E-state index contributed by atoms with van der Waals surface area (Å²) in [5, 5.41) is 3.31. The third-order valence-electron chi connectivity index (χ3n) is 5.51. The van der Waals surface area contributed by atoms with Gasteiger partial charge in [-0.15, -0.1) is 0 Å². The van der Waals surface area contributed by atoms with Gasteiger partial charge in [0.1, 0.15) is 23.3 Å². The molecule has 35 heavy (non-hydrogen) atoms. The predicted molar refractivity (Wildman–Crippen MR) is 135 cm³/mol. The van der Waals surface area contributed by atoms with Gasteiger partial charge >= 0.3 is 0 Å². The largest absolute Gasteiger partial charge is 0.497 e. The number of nitrogens with zero attached hydrogens (tertiary/aromatic N) is 1. The van der Waals surface area contributed by atoms with E-state index < -0.39 is 6.04 Å². The fraction of sp³-hybridized carbons (Fsp3) is 0.259. The molecule has 0 heterocycles. The molecular formula is C27H29ClN2O5. The number of methoxy groups -OCH3 is 2. The van der Waals surface area contributed by atoms with E-state index in [1.54, 1.807) is 45.4 Å². The molecule has 8 heteroatoms. The average Bonchev–Trinajstić information content (AvgIpc) is 2.89. The molecule has 1 atom stereocenters. The molecule has 0 aromatic heterocycles. The number of carbonyl (C=O) groups is 2. The minimum Gasteiger partial charge on any atom is -0.497 e. The fourth-order valence-electron chi connectivity index (χ4n) is 3.47. The lowest BCUT2D eigenvalue weighted by Crippen LogP contribution is -2.48. The first-order chi connectivity index (χ1) is 16.9. The lowest BCUT2D eigenvalue weighted by atomic mass is 10.1. The molecule has 2 amide bonds. The van der Waals surface area contributed by atoms with Gasteiger partial charge in [-0.05, 0) is 42.8 Å². The van der Waals surface area contributed by atoms with Crippen LogP contribution in [-0.4, -0.2) is 43.6 Å². The summed E-state index contributed by atoms with van der Waals surface area (Å²) < 4.78 is 16.2. The molecular weight excluding hydrogens is 468 g/mol. The standard InChI is InChI=1S/C27H29ClN2O5/c1-19(27(32)29-16-21-8-4-6-10-24(21)34-3)30(17-20-12-14-22(33-2)15-13-20)26(31)18-35-25-11-7-5-9-23(25)28/h4-15,19H,16-18H2,1-3H3,(H,29,32)/t19-/m1/s1. The molecule has 0 saturated heterocycles. The average molecular weight is 497 g/mol. The van der Waals surface area contributed by atoms with E-state index in [1.165, 1.54) is 4.90 Å². The van der Waals surface area contributed by atoms with Crippen molar-refractivity contribution in [1.82, 2.24) is 10.2 Å². The van der Waals surface area contributed by atoms with Gasteiger partial charge in [-0.1, -0.05) is 54.1 Å². The van der Waals surface area contributed by atoms with Gasteiger partial charge in [0.2, 0.25) is 5.91 Å². The highest BCUT2D eigenvalue weighted by Gasteiger charge is 2.27. The van der Waals surface area contributed by atoms with E-state index in [0.717, 1.165) is 11.1 Å². The zero-order chi connectivity index (χ0) is 25.2. The fourth-order valence-corrected chi connectivity index (χ4v) is 3.66. The Labute approximate surface area is 210 Å². The van der Waals surface area contributed by atoms with Gasteiger partial charge in [-0.2, -0.15) is 0 Å². The highest BCUT2D eigenvalue weighted by atomic mass is 35.5. The molecule has 7 nitrogen and oxygen atoms in total. The van der Waals surface area contributed by atoms with Crippen LogP contribution in [0.5, 0.6) is 17.2 Å². The van der Waals surface area contributed by atoms with E-state index >= 15 is 0 Å². The minimum absolute atomic E-state index is 0.220. The Bertz CT molecular complexity index is 1140. The topological polar surface area (TPSA) is 77.1 Å². The molecule has 3 rings (SSSR count). The number of hydrogen-bond donors (Lipinski definition) is 1. The van der Waals surface area contributed by atoms with Crippen LogP contribution in [0.25, 0.3) is 0 Å². The predicted octanol–water partition coefficient (Wildman–Crippen LogP) is 4.47. The maximum Gasteiger partial charge on any atom is 0.261 e. The van der Waals surface area contributed by atoms with Gasteiger partial charge in [-0.3, -0.25) is 9.59 Å².